The first kappa shape index (κ1) is 38.8. The van der Waals surface area contributed by atoms with Crippen LogP contribution in [0.2, 0.25) is 0 Å². The number of hydrogen-bond donors (Lipinski definition) is 8. The Morgan fingerprint density at radius 2 is 1.24 bits per heavy atom. The van der Waals surface area contributed by atoms with E-state index in [0.717, 1.165) is 4.90 Å². The maximum atomic E-state index is 13.1. The van der Waals surface area contributed by atoms with Crippen molar-refractivity contribution >= 4 is 58.9 Å². The van der Waals surface area contributed by atoms with E-state index in [1.165, 1.54) is 41.3 Å². The largest absolute Gasteiger partial charge is 0.490 e. The fourth-order valence-corrected chi connectivity index (χ4v) is 4.19. The first-order valence-electron chi connectivity index (χ1n) is 13.9. The van der Waals surface area contributed by atoms with Crippen LogP contribution in [0.25, 0.3) is 0 Å². The molecule has 1 aliphatic rings. The summed E-state index contributed by atoms with van der Waals surface area (Å²) in [4.78, 5) is 81.7. The number of hydrogen-bond acceptors (Lipinski definition) is 8. The lowest BCUT2D eigenvalue weighted by Crippen LogP contribution is -2.61. The third kappa shape index (κ3) is 12.7. The summed E-state index contributed by atoms with van der Waals surface area (Å²) in [5, 5.41) is 21.5. The van der Waals surface area contributed by atoms with Crippen molar-refractivity contribution in [3.63, 3.8) is 0 Å². The third-order valence-electron chi connectivity index (χ3n) is 6.35. The number of guanidine groups is 2. The van der Waals surface area contributed by atoms with Crippen molar-refractivity contribution in [3.8, 4) is 0 Å². The van der Waals surface area contributed by atoms with Crippen LogP contribution in [0.5, 0.6) is 0 Å². The molecule has 12 N–H and O–H groups in total. The zero-order chi connectivity index (χ0) is 36.9. The van der Waals surface area contributed by atoms with Gasteiger partial charge in [0.2, 0.25) is 11.8 Å². The first-order valence-corrected chi connectivity index (χ1v) is 13.9. The van der Waals surface area contributed by atoms with Crippen molar-refractivity contribution < 1.29 is 52.2 Å². The molecule has 18 nitrogen and oxygen atoms in total. The second-order valence-corrected chi connectivity index (χ2v) is 9.95. The highest BCUT2D eigenvalue weighted by molar-refractivity contribution is 5.98. The number of carboxylic acid groups (broad SMARTS) is 2. The summed E-state index contributed by atoms with van der Waals surface area (Å²) in [6.45, 7) is -0.887. The molecule has 0 saturated carbocycles. The lowest BCUT2D eigenvalue weighted by Gasteiger charge is -2.40. The van der Waals surface area contributed by atoms with Crippen LogP contribution in [-0.2, 0) is 19.2 Å². The van der Waals surface area contributed by atoms with Gasteiger partial charge in [0.05, 0.1) is 17.9 Å². The van der Waals surface area contributed by atoms with Crippen LogP contribution in [0.4, 0.5) is 24.5 Å². The van der Waals surface area contributed by atoms with E-state index in [0.29, 0.717) is 16.9 Å². The number of rotatable bonds is 11. The molecule has 0 aliphatic carbocycles. The number of nitrogens with zero attached hydrogens (tertiary/aromatic N) is 4. The minimum absolute atomic E-state index is 0.00206. The van der Waals surface area contributed by atoms with Gasteiger partial charge in [-0.1, -0.05) is 0 Å². The van der Waals surface area contributed by atoms with E-state index in [9.17, 15) is 42.3 Å². The summed E-state index contributed by atoms with van der Waals surface area (Å²) < 4.78 is 31.7. The van der Waals surface area contributed by atoms with E-state index in [1.54, 1.807) is 12.1 Å². The molecule has 49 heavy (non-hydrogen) atoms. The molecule has 1 aliphatic heterocycles. The van der Waals surface area contributed by atoms with Gasteiger partial charge in [0.15, 0.2) is 11.9 Å². The monoisotopic (exact) mass is 694 g/mol. The van der Waals surface area contributed by atoms with E-state index in [4.69, 9.17) is 32.8 Å². The SMILES string of the molecule is NC(N)=Nc1ccc(C(=O)NCC[C@H]2C(=O)N(CC(=O)O)CCN2C(=O)CNC(=O)c2ccc(N=C(N)N)cc2)cc1.O=C(O)C(F)(F)F. The summed E-state index contributed by atoms with van der Waals surface area (Å²) in [6.07, 6.45) is -5.07. The van der Waals surface area contributed by atoms with Gasteiger partial charge in [-0.25, -0.2) is 14.8 Å². The van der Waals surface area contributed by atoms with Gasteiger partial charge in [0, 0.05) is 30.8 Å². The maximum Gasteiger partial charge on any atom is 0.490 e. The minimum Gasteiger partial charge on any atom is -0.480 e. The molecule has 2 aromatic carbocycles. The second-order valence-electron chi connectivity index (χ2n) is 9.95. The Balaban J connectivity index is 0.00000107. The number of carbonyl (C=O) groups is 6. The molecule has 1 saturated heterocycles. The van der Waals surface area contributed by atoms with Crippen LogP contribution in [-0.4, -0.2) is 112 Å². The van der Waals surface area contributed by atoms with Crippen LogP contribution in [0.1, 0.15) is 27.1 Å². The molecule has 0 aromatic heterocycles. The molecule has 264 valence electrons. The molecule has 1 fully saturated rings. The van der Waals surface area contributed by atoms with Crippen LogP contribution in [0, 0.1) is 0 Å². The summed E-state index contributed by atoms with van der Waals surface area (Å²) in [5.74, 6) is -6.31. The predicted molar refractivity (Wildman–Crippen MR) is 167 cm³/mol. The highest BCUT2D eigenvalue weighted by atomic mass is 19.4. The maximum absolute atomic E-state index is 13.1. The number of carbonyl (C=O) groups excluding carboxylic acids is 4. The zero-order valence-electron chi connectivity index (χ0n) is 25.5. The van der Waals surface area contributed by atoms with Crippen molar-refractivity contribution in [2.24, 2.45) is 32.9 Å². The van der Waals surface area contributed by atoms with Crippen molar-refractivity contribution in [2.45, 2.75) is 18.6 Å². The van der Waals surface area contributed by atoms with Gasteiger partial charge in [-0.05, 0) is 55.0 Å². The van der Waals surface area contributed by atoms with Gasteiger partial charge in [-0.3, -0.25) is 24.0 Å². The number of aliphatic carboxylic acids is 2. The second kappa shape index (κ2) is 17.5. The highest BCUT2D eigenvalue weighted by Crippen LogP contribution is 2.17. The molecule has 1 atom stereocenters. The lowest BCUT2D eigenvalue weighted by molar-refractivity contribution is -0.192. The lowest BCUT2D eigenvalue weighted by atomic mass is 10.1. The minimum atomic E-state index is -5.08. The van der Waals surface area contributed by atoms with E-state index in [2.05, 4.69) is 20.6 Å². The topological polar surface area (TPSA) is 302 Å². The van der Waals surface area contributed by atoms with Crippen LogP contribution in [0.15, 0.2) is 58.5 Å². The predicted octanol–water partition coefficient (Wildman–Crippen LogP) is -1.20. The van der Waals surface area contributed by atoms with E-state index < -0.39 is 60.9 Å². The van der Waals surface area contributed by atoms with E-state index in [-0.39, 0.29) is 43.5 Å². The first-order chi connectivity index (χ1) is 22.9. The van der Waals surface area contributed by atoms with Crippen LogP contribution >= 0.6 is 0 Å². The Morgan fingerprint density at radius 1 is 0.796 bits per heavy atom. The fraction of sp³-hybridized carbons (Fsp3) is 0.286. The smallest absolute Gasteiger partial charge is 0.480 e. The molecule has 4 amide bonds. The van der Waals surface area contributed by atoms with Gasteiger partial charge in [-0.15, -0.1) is 0 Å². The Bertz CT molecular complexity index is 1590. The van der Waals surface area contributed by atoms with Gasteiger partial charge in [0.1, 0.15) is 12.6 Å². The number of carboxylic acids is 2. The molecule has 0 radical (unpaired) electrons. The standard InChI is InChI=1S/C26H32N10O6.C2HF3O2/c27-25(28)33-17-5-1-15(2-6-17)22(40)31-10-9-19-24(42)35(14-21(38)39)11-12-36(19)20(37)13-32-23(41)16-3-7-18(8-4-16)34-26(29)30;3-2(4,5)1(6)7/h1-8,19H,9-14H2,(H,31,40)(H,32,41)(H,38,39)(H4,27,28,33)(H4,29,30,34);(H,6,7)/t19-;/m0./s1. The van der Waals surface area contributed by atoms with Crippen molar-refractivity contribution in [1.29, 1.82) is 0 Å². The molecule has 0 unspecified atom stereocenters. The molecule has 2 aromatic rings. The van der Waals surface area contributed by atoms with Gasteiger partial charge in [-0.2, -0.15) is 13.2 Å². The van der Waals surface area contributed by atoms with E-state index >= 15 is 0 Å². The van der Waals surface area contributed by atoms with Crippen molar-refractivity contribution in [2.75, 3.05) is 32.7 Å². The molecule has 0 bridgehead atoms. The number of nitrogens with two attached hydrogens (primary N) is 4. The Labute approximate surface area is 275 Å². The average molecular weight is 695 g/mol. The van der Waals surface area contributed by atoms with Crippen LogP contribution in [0.3, 0.4) is 0 Å². The summed E-state index contributed by atoms with van der Waals surface area (Å²) in [5.41, 5.74) is 22.8. The van der Waals surface area contributed by atoms with E-state index in [1.807, 2.05) is 0 Å². The Hall–Kier alpha value is -6.41. The van der Waals surface area contributed by atoms with Gasteiger partial charge in [0.25, 0.3) is 11.8 Å². The van der Waals surface area contributed by atoms with Crippen LogP contribution < -0.4 is 33.6 Å². The molecular weight excluding hydrogens is 661 g/mol. The fourth-order valence-electron chi connectivity index (χ4n) is 4.19. The molecule has 21 heteroatoms. The quantitative estimate of drug-likeness (QED) is 0.102. The average Bonchev–Trinajstić information content (AvgIpc) is 3.01. The number of aliphatic imine (C=N–C) groups is 2. The number of nitrogens with one attached hydrogen (secondary N) is 2. The summed E-state index contributed by atoms with van der Waals surface area (Å²) in [6, 6.07) is 11.1. The van der Waals surface area contributed by atoms with Gasteiger partial charge >= 0.3 is 18.1 Å². The Kier molecular flexibility index (Phi) is 13.8. The number of alkyl halides is 3. The Morgan fingerprint density at radius 3 is 1.65 bits per heavy atom. The zero-order valence-corrected chi connectivity index (χ0v) is 25.5. The normalized spacial score (nSPS) is 14.0. The number of piperazine rings is 1. The van der Waals surface area contributed by atoms with Gasteiger partial charge < -0.3 is 53.6 Å². The molecule has 1 heterocycles. The molecular formula is C28H33F3N10O8. The van der Waals surface area contributed by atoms with Crippen molar-refractivity contribution in [3.05, 3.63) is 59.7 Å². The molecule has 3 rings (SSSR count). The summed E-state index contributed by atoms with van der Waals surface area (Å²) >= 11 is 0. The number of halogens is 3. The number of benzene rings is 2. The highest BCUT2D eigenvalue weighted by Gasteiger charge is 2.39. The van der Waals surface area contributed by atoms with Crippen molar-refractivity contribution in [1.82, 2.24) is 20.4 Å². The third-order valence-corrected chi connectivity index (χ3v) is 6.35. The summed E-state index contributed by atoms with van der Waals surface area (Å²) in [7, 11) is 0. The number of amides is 4. The molecule has 0 spiro atoms.